The summed E-state index contributed by atoms with van der Waals surface area (Å²) in [5.74, 6) is -2.44. The van der Waals surface area contributed by atoms with Gasteiger partial charge < -0.3 is 9.88 Å². The predicted octanol–water partition coefficient (Wildman–Crippen LogP) is 3.60. The quantitative estimate of drug-likeness (QED) is 0.375. The first-order valence-electron chi connectivity index (χ1n) is 12.7. The van der Waals surface area contributed by atoms with Crippen LogP contribution in [-0.4, -0.2) is 77.6 Å². The lowest BCUT2D eigenvalue weighted by Crippen LogP contribution is -2.60. The molecule has 0 aromatic carbocycles. The van der Waals surface area contributed by atoms with Gasteiger partial charge in [0.2, 0.25) is 0 Å². The number of piperazine rings is 1. The molecule has 1 amide bonds. The number of carbonyl (C=O) groups excluding carboxylic acids is 1. The Hall–Kier alpha value is -4.38. The molecule has 1 N–H and O–H groups in total. The summed E-state index contributed by atoms with van der Waals surface area (Å²) in [5.41, 5.74) is -0.533. The molecule has 40 heavy (non-hydrogen) atoms. The Morgan fingerprint density at radius 3 is 2.65 bits per heavy atom. The van der Waals surface area contributed by atoms with E-state index in [2.05, 4.69) is 36.0 Å². The van der Waals surface area contributed by atoms with E-state index in [1.54, 1.807) is 12.4 Å². The monoisotopic (exact) mass is 553 g/mol. The normalized spacial score (nSPS) is 21.8. The zero-order chi connectivity index (χ0) is 28.1. The van der Waals surface area contributed by atoms with Crippen molar-refractivity contribution in [3.8, 4) is 17.3 Å². The Morgan fingerprint density at radius 2 is 1.93 bits per heavy atom. The summed E-state index contributed by atoms with van der Waals surface area (Å²) in [6.45, 7) is 1.45. The number of aromatic amines is 1. The number of nitrogens with zero attached hydrogens (tertiary/aromatic N) is 8. The first kappa shape index (κ1) is 25.9. The van der Waals surface area contributed by atoms with Crippen molar-refractivity contribution >= 4 is 16.9 Å². The number of rotatable bonds is 5. The van der Waals surface area contributed by atoms with Crippen molar-refractivity contribution in [3.63, 3.8) is 0 Å². The van der Waals surface area contributed by atoms with Gasteiger partial charge in [-0.25, -0.2) is 19.3 Å². The van der Waals surface area contributed by atoms with Crippen LogP contribution in [0.15, 0.2) is 43.2 Å². The molecule has 1 saturated carbocycles. The second-order valence-electron chi connectivity index (χ2n) is 10.1. The van der Waals surface area contributed by atoms with Crippen molar-refractivity contribution in [2.24, 2.45) is 0 Å². The van der Waals surface area contributed by atoms with Gasteiger partial charge in [-0.2, -0.15) is 23.5 Å². The van der Waals surface area contributed by atoms with E-state index in [0.29, 0.717) is 25.9 Å². The molecule has 2 aliphatic rings. The number of H-pyrrole nitrogens is 1. The van der Waals surface area contributed by atoms with Gasteiger partial charge in [-0.15, -0.1) is 0 Å². The molecule has 2 fully saturated rings. The van der Waals surface area contributed by atoms with Crippen LogP contribution in [-0.2, 0) is 11.7 Å². The van der Waals surface area contributed by atoms with E-state index in [-0.39, 0.29) is 25.6 Å². The molecular weight excluding hydrogens is 530 g/mol. The van der Waals surface area contributed by atoms with Crippen LogP contribution < -0.4 is 0 Å². The van der Waals surface area contributed by atoms with Crippen LogP contribution in [0.5, 0.6) is 0 Å². The van der Waals surface area contributed by atoms with Crippen LogP contribution in [0.3, 0.4) is 0 Å². The zero-order valence-corrected chi connectivity index (χ0v) is 21.1. The Bertz CT molecular complexity index is 1610. The number of amides is 1. The fourth-order valence-electron chi connectivity index (χ4n) is 5.71. The van der Waals surface area contributed by atoms with E-state index < -0.39 is 34.7 Å². The Kier molecular flexibility index (Phi) is 6.25. The van der Waals surface area contributed by atoms with Gasteiger partial charge in [0.15, 0.2) is 11.5 Å². The molecular formula is C26H23F4N9O. The first-order chi connectivity index (χ1) is 19.2. The van der Waals surface area contributed by atoms with E-state index >= 15 is 0 Å². The third kappa shape index (κ3) is 4.36. The summed E-state index contributed by atoms with van der Waals surface area (Å²) in [6.07, 6.45) is 4.34. The van der Waals surface area contributed by atoms with Crippen LogP contribution in [0, 0.1) is 17.1 Å². The van der Waals surface area contributed by atoms with Crippen molar-refractivity contribution in [2.45, 2.75) is 37.0 Å². The molecule has 4 aromatic rings. The summed E-state index contributed by atoms with van der Waals surface area (Å²) in [5, 5.41) is 15.0. The maximum atomic E-state index is 14.4. The lowest BCUT2D eigenvalue weighted by molar-refractivity contribution is -0.143. The number of nitriles is 1. The number of hydrogen-bond donors (Lipinski definition) is 1. The van der Waals surface area contributed by atoms with Crippen LogP contribution in [0.1, 0.15) is 35.3 Å². The summed E-state index contributed by atoms with van der Waals surface area (Å²) in [4.78, 5) is 31.1. The van der Waals surface area contributed by atoms with Crippen LogP contribution >= 0.6 is 0 Å². The maximum absolute atomic E-state index is 14.4. The number of fused-ring (bicyclic) bond motifs is 1. The molecule has 0 spiro atoms. The number of alkyl halides is 3. The highest BCUT2D eigenvalue weighted by molar-refractivity contribution is 5.94. The largest absolute Gasteiger partial charge is 0.436 e. The standard InChI is InChI=1S/C26H23F4N9O/c27-20-18(1-5-32-22(20)26(28,29)30)24(40)38-9-7-37(8-10-38)17-11-25(12-17,3-4-31)39-14-16(13-36-39)21-19-2-6-33-23(19)35-15-34-21/h1-2,5-6,13-15,17H,3,7-12H2,(H,33,34,35)/t17-,25-. The molecule has 5 heterocycles. The minimum atomic E-state index is -4.99. The SMILES string of the molecule is N#CC[C@]1(n2cc(-c3ncnc4[nH]ccc34)cn2)C[C@H](N2CCN(C(=O)c3ccnc(C(F)(F)F)c3F)CC2)C1. The van der Waals surface area contributed by atoms with Gasteiger partial charge in [0.05, 0.1) is 35.5 Å². The van der Waals surface area contributed by atoms with Gasteiger partial charge in [-0.1, -0.05) is 0 Å². The van der Waals surface area contributed by atoms with Crippen LogP contribution in [0.4, 0.5) is 17.6 Å². The molecule has 6 rings (SSSR count). The lowest BCUT2D eigenvalue weighted by Gasteiger charge is -2.52. The fraction of sp³-hybridized carbons (Fsp3) is 0.385. The Balaban J connectivity index is 1.12. The number of hydrogen-bond acceptors (Lipinski definition) is 7. The van der Waals surface area contributed by atoms with Crippen LogP contribution in [0.25, 0.3) is 22.3 Å². The molecule has 4 aromatic heterocycles. The van der Waals surface area contributed by atoms with Gasteiger partial charge in [-0.3, -0.25) is 14.4 Å². The smallest absolute Gasteiger partial charge is 0.346 e. The van der Waals surface area contributed by atoms with Gasteiger partial charge in [0.25, 0.3) is 5.91 Å². The number of nitrogens with one attached hydrogen (secondary N) is 1. The highest BCUT2D eigenvalue weighted by Gasteiger charge is 2.49. The third-order valence-corrected chi connectivity index (χ3v) is 7.84. The highest BCUT2D eigenvalue weighted by Crippen LogP contribution is 2.45. The molecule has 1 saturated heterocycles. The molecule has 14 heteroatoms. The van der Waals surface area contributed by atoms with Crippen molar-refractivity contribution in [1.82, 2.24) is 39.5 Å². The minimum absolute atomic E-state index is 0.142. The Labute approximate surface area is 225 Å². The third-order valence-electron chi connectivity index (χ3n) is 7.84. The minimum Gasteiger partial charge on any atom is -0.346 e. The number of aromatic nitrogens is 6. The lowest BCUT2D eigenvalue weighted by atomic mass is 9.70. The van der Waals surface area contributed by atoms with E-state index in [1.807, 2.05) is 16.9 Å². The van der Waals surface area contributed by atoms with E-state index in [4.69, 9.17) is 0 Å². The van der Waals surface area contributed by atoms with Gasteiger partial charge in [-0.05, 0) is 25.0 Å². The molecule has 0 unspecified atom stereocenters. The number of carbonyl (C=O) groups is 1. The second-order valence-corrected chi connectivity index (χ2v) is 10.1. The highest BCUT2D eigenvalue weighted by atomic mass is 19.4. The van der Waals surface area contributed by atoms with Crippen molar-refractivity contribution in [1.29, 1.82) is 5.26 Å². The van der Waals surface area contributed by atoms with Gasteiger partial charge in [0, 0.05) is 61.8 Å². The number of pyridine rings is 1. The average Bonchev–Trinajstić information content (AvgIpc) is 3.60. The van der Waals surface area contributed by atoms with Gasteiger partial charge in [0.1, 0.15) is 12.0 Å². The zero-order valence-electron chi connectivity index (χ0n) is 21.1. The molecule has 1 aliphatic heterocycles. The topological polar surface area (TPSA) is 120 Å². The predicted molar refractivity (Wildman–Crippen MR) is 133 cm³/mol. The van der Waals surface area contributed by atoms with Crippen molar-refractivity contribution in [3.05, 3.63) is 60.3 Å². The molecule has 0 bridgehead atoms. The molecule has 10 nitrogen and oxygen atoms in total. The molecule has 206 valence electrons. The van der Waals surface area contributed by atoms with Crippen molar-refractivity contribution < 1.29 is 22.4 Å². The first-order valence-corrected chi connectivity index (χ1v) is 12.7. The van der Waals surface area contributed by atoms with E-state index in [9.17, 15) is 27.6 Å². The Morgan fingerprint density at radius 1 is 1.15 bits per heavy atom. The van der Waals surface area contributed by atoms with Crippen molar-refractivity contribution in [2.75, 3.05) is 26.2 Å². The molecule has 0 radical (unpaired) electrons. The van der Waals surface area contributed by atoms with Crippen LogP contribution in [0.2, 0.25) is 0 Å². The fourth-order valence-corrected chi connectivity index (χ4v) is 5.71. The second kappa shape index (κ2) is 9.67. The summed E-state index contributed by atoms with van der Waals surface area (Å²) in [6, 6.07) is 5.30. The van der Waals surface area contributed by atoms with Gasteiger partial charge >= 0.3 is 6.18 Å². The summed E-state index contributed by atoms with van der Waals surface area (Å²) in [7, 11) is 0. The number of halogens is 4. The maximum Gasteiger partial charge on any atom is 0.436 e. The molecule has 1 aliphatic carbocycles. The molecule has 0 atom stereocenters. The summed E-state index contributed by atoms with van der Waals surface area (Å²) < 4.78 is 55.4. The van der Waals surface area contributed by atoms with E-state index in [0.717, 1.165) is 34.6 Å². The summed E-state index contributed by atoms with van der Waals surface area (Å²) >= 11 is 0. The van der Waals surface area contributed by atoms with E-state index in [1.165, 1.54) is 11.2 Å². The average molecular weight is 554 g/mol.